The molecule has 0 saturated carbocycles. The van der Waals surface area contributed by atoms with Gasteiger partial charge in [0.2, 0.25) is 0 Å². The first kappa shape index (κ1) is 29.0. The second-order valence-corrected chi connectivity index (χ2v) is 12.0. The molecule has 10 heteroatoms. The summed E-state index contributed by atoms with van der Waals surface area (Å²) in [6.45, 7) is 13.3. The highest BCUT2D eigenvalue weighted by atomic mass is 35.5. The highest BCUT2D eigenvalue weighted by Crippen LogP contribution is 2.35. The number of hydrogen-bond acceptors (Lipinski definition) is 8. The Bertz CT molecular complexity index is 1360. The van der Waals surface area contributed by atoms with Crippen LogP contribution in [0.2, 0.25) is 5.02 Å². The first-order valence-corrected chi connectivity index (χ1v) is 14.6. The van der Waals surface area contributed by atoms with E-state index in [-0.39, 0.29) is 12.1 Å². The fourth-order valence-corrected chi connectivity index (χ4v) is 5.32. The number of carbonyl (C=O) groups is 1. The van der Waals surface area contributed by atoms with Crippen molar-refractivity contribution >= 4 is 29.2 Å². The second-order valence-electron chi connectivity index (χ2n) is 11.6. The fraction of sp³-hybridized carbons (Fsp3) is 0.452. The Balaban J connectivity index is 1.19. The molecule has 9 nitrogen and oxygen atoms in total. The normalized spacial score (nSPS) is 17.6. The lowest BCUT2D eigenvalue weighted by atomic mass is 10.00. The molecule has 0 bridgehead atoms. The third-order valence-electron chi connectivity index (χ3n) is 7.20. The van der Waals surface area contributed by atoms with Crippen LogP contribution in [-0.4, -0.2) is 77.3 Å². The Kier molecular flexibility index (Phi) is 8.85. The van der Waals surface area contributed by atoms with E-state index in [0.717, 1.165) is 67.8 Å². The monoisotopic (exact) mass is 578 g/mol. The van der Waals surface area contributed by atoms with Gasteiger partial charge in [-0.15, -0.1) is 0 Å². The number of hydrogen-bond donors (Lipinski definition) is 1. The molecule has 1 aromatic heterocycles. The minimum atomic E-state index is -0.476. The zero-order chi connectivity index (χ0) is 29.0. The average molecular weight is 579 g/mol. The molecular formula is C31H39ClN6O3. The van der Waals surface area contributed by atoms with Crippen molar-refractivity contribution in [3.8, 4) is 11.5 Å². The number of halogens is 1. The maximum atomic E-state index is 12.4. The van der Waals surface area contributed by atoms with Gasteiger partial charge in [-0.2, -0.15) is 0 Å². The Morgan fingerprint density at radius 3 is 2.49 bits per heavy atom. The molecule has 218 valence electrons. The molecule has 2 aliphatic rings. The lowest BCUT2D eigenvalue weighted by Gasteiger charge is -2.38. The Morgan fingerprint density at radius 2 is 1.76 bits per heavy atom. The van der Waals surface area contributed by atoms with Gasteiger partial charge in [0.15, 0.2) is 0 Å². The fourth-order valence-electron chi connectivity index (χ4n) is 5.14. The van der Waals surface area contributed by atoms with Crippen LogP contribution in [0.4, 0.5) is 16.3 Å². The zero-order valence-corrected chi connectivity index (χ0v) is 25.0. The van der Waals surface area contributed by atoms with Gasteiger partial charge in [0, 0.05) is 74.3 Å². The molecule has 2 aliphatic heterocycles. The van der Waals surface area contributed by atoms with Gasteiger partial charge >= 0.3 is 6.09 Å². The second kappa shape index (κ2) is 12.5. The van der Waals surface area contributed by atoms with E-state index in [0.29, 0.717) is 23.9 Å². The van der Waals surface area contributed by atoms with Crippen molar-refractivity contribution in [2.45, 2.75) is 45.8 Å². The van der Waals surface area contributed by atoms with E-state index in [1.807, 2.05) is 76.4 Å². The van der Waals surface area contributed by atoms with Crippen molar-refractivity contribution in [2.75, 3.05) is 56.0 Å². The van der Waals surface area contributed by atoms with E-state index in [1.165, 1.54) is 0 Å². The summed E-state index contributed by atoms with van der Waals surface area (Å²) in [5, 5.41) is 4.32. The molecule has 0 aliphatic carbocycles. The largest absolute Gasteiger partial charge is 0.457 e. The summed E-state index contributed by atoms with van der Waals surface area (Å²) in [6.07, 6.45) is 2.65. The number of benzene rings is 2. The molecule has 1 unspecified atom stereocenters. The van der Waals surface area contributed by atoms with Gasteiger partial charge in [0.1, 0.15) is 28.7 Å². The summed E-state index contributed by atoms with van der Waals surface area (Å²) in [7, 11) is 0. The number of piperazine rings is 1. The summed E-state index contributed by atoms with van der Waals surface area (Å²) in [4.78, 5) is 28.4. The molecule has 1 saturated heterocycles. The van der Waals surface area contributed by atoms with Crippen LogP contribution in [0, 0.1) is 6.92 Å². The molecule has 3 heterocycles. The number of rotatable bonds is 7. The molecule has 1 amide bonds. The number of aromatic nitrogens is 2. The Labute approximate surface area is 247 Å². The van der Waals surface area contributed by atoms with E-state index in [1.54, 1.807) is 11.0 Å². The summed E-state index contributed by atoms with van der Waals surface area (Å²) < 4.78 is 11.6. The number of nitrogens with one attached hydrogen (secondary N) is 1. The van der Waals surface area contributed by atoms with Crippen LogP contribution in [-0.2, 0) is 4.74 Å². The van der Waals surface area contributed by atoms with Crippen molar-refractivity contribution in [3.05, 3.63) is 71.1 Å². The molecule has 41 heavy (non-hydrogen) atoms. The third kappa shape index (κ3) is 7.80. The molecule has 0 spiro atoms. The maximum absolute atomic E-state index is 12.4. The number of nitrogens with zero attached hydrogens (tertiary/aromatic N) is 5. The van der Waals surface area contributed by atoms with Crippen molar-refractivity contribution in [1.82, 2.24) is 19.8 Å². The highest BCUT2D eigenvalue weighted by molar-refractivity contribution is 6.30. The molecule has 5 rings (SSSR count). The van der Waals surface area contributed by atoms with E-state index in [9.17, 15) is 4.79 Å². The van der Waals surface area contributed by atoms with E-state index < -0.39 is 5.60 Å². The summed E-state index contributed by atoms with van der Waals surface area (Å²) in [5.41, 5.74) is 1.59. The quantitative estimate of drug-likeness (QED) is 0.358. The topological polar surface area (TPSA) is 83.1 Å². The number of ether oxygens (including phenoxy) is 2. The van der Waals surface area contributed by atoms with Gasteiger partial charge in [-0.3, -0.25) is 4.90 Å². The lowest BCUT2D eigenvalue weighted by Crippen LogP contribution is -2.51. The van der Waals surface area contributed by atoms with Crippen LogP contribution < -0.4 is 15.0 Å². The number of aryl methyl sites for hydroxylation is 1. The van der Waals surface area contributed by atoms with Crippen molar-refractivity contribution in [1.29, 1.82) is 0 Å². The van der Waals surface area contributed by atoms with Gasteiger partial charge in [0.25, 0.3) is 0 Å². The SMILES string of the molecule is Cc1ncc2c(n1)N(CCN1CCN(C(=O)OC(C)(C)C)CC1)CCC2Nc1cccc(Oc2cccc(Cl)c2)c1. The highest BCUT2D eigenvalue weighted by Gasteiger charge is 2.29. The first-order valence-electron chi connectivity index (χ1n) is 14.2. The minimum absolute atomic E-state index is 0.0839. The van der Waals surface area contributed by atoms with Gasteiger partial charge < -0.3 is 24.6 Å². The number of carbonyl (C=O) groups excluding carboxylic acids is 1. The van der Waals surface area contributed by atoms with Gasteiger partial charge in [-0.05, 0) is 64.4 Å². The molecule has 1 fully saturated rings. The van der Waals surface area contributed by atoms with E-state index >= 15 is 0 Å². The first-order chi connectivity index (χ1) is 19.6. The smallest absolute Gasteiger partial charge is 0.410 e. The Hall–Kier alpha value is -3.56. The van der Waals surface area contributed by atoms with E-state index in [4.69, 9.17) is 26.1 Å². The summed E-state index contributed by atoms with van der Waals surface area (Å²) in [5.74, 6) is 3.18. The standard InChI is InChI=1S/C31H39ClN6O3/c1-22-33-21-27-28(35-24-8-6-10-26(20-24)40-25-9-5-7-23(32)19-25)11-12-37(29(27)34-22)16-13-36-14-17-38(18-15-36)30(39)41-31(2,3)4/h5-10,19-21,28,35H,11-18H2,1-4H3. The summed E-state index contributed by atoms with van der Waals surface area (Å²) in [6, 6.07) is 15.4. The van der Waals surface area contributed by atoms with Gasteiger partial charge in [-0.25, -0.2) is 14.8 Å². The third-order valence-corrected chi connectivity index (χ3v) is 7.43. The van der Waals surface area contributed by atoms with E-state index in [2.05, 4.69) is 20.1 Å². The Morgan fingerprint density at radius 1 is 1.02 bits per heavy atom. The maximum Gasteiger partial charge on any atom is 0.410 e. The molecule has 1 N–H and O–H groups in total. The van der Waals surface area contributed by atoms with Crippen LogP contribution in [0.15, 0.2) is 54.7 Å². The summed E-state index contributed by atoms with van der Waals surface area (Å²) >= 11 is 6.12. The average Bonchev–Trinajstić information content (AvgIpc) is 2.92. The van der Waals surface area contributed by atoms with Crippen molar-refractivity contribution < 1.29 is 14.3 Å². The number of fused-ring (bicyclic) bond motifs is 1. The van der Waals surface area contributed by atoms with Crippen LogP contribution in [0.25, 0.3) is 0 Å². The molecule has 3 aromatic rings. The number of anilines is 2. The van der Waals surface area contributed by atoms with Crippen LogP contribution in [0.1, 0.15) is 44.6 Å². The predicted molar refractivity (Wildman–Crippen MR) is 162 cm³/mol. The van der Waals surface area contributed by atoms with Crippen molar-refractivity contribution in [3.63, 3.8) is 0 Å². The van der Waals surface area contributed by atoms with Crippen LogP contribution in [0.3, 0.4) is 0 Å². The lowest BCUT2D eigenvalue weighted by molar-refractivity contribution is 0.0147. The minimum Gasteiger partial charge on any atom is -0.457 e. The van der Waals surface area contributed by atoms with Crippen LogP contribution in [0.5, 0.6) is 11.5 Å². The van der Waals surface area contributed by atoms with Gasteiger partial charge in [0.05, 0.1) is 6.04 Å². The molecular weight excluding hydrogens is 540 g/mol. The zero-order valence-electron chi connectivity index (χ0n) is 24.3. The van der Waals surface area contributed by atoms with Gasteiger partial charge in [-0.1, -0.05) is 23.7 Å². The number of amides is 1. The van der Waals surface area contributed by atoms with Crippen molar-refractivity contribution in [2.24, 2.45) is 0 Å². The molecule has 1 atom stereocenters. The molecule has 2 aromatic carbocycles. The van der Waals surface area contributed by atoms with Crippen LogP contribution >= 0.6 is 11.6 Å². The predicted octanol–water partition coefficient (Wildman–Crippen LogP) is 6.15. The molecule has 0 radical (unpaired) electrons.